The van der Waals surface area contributed by atoms with Gasteiger partial charge in [-0.3, -0.25) is 0 Å². The number of hydrogen-bond donors (Lipinski definition) is 1. The number of fused-ring (bicyclic) bond motifs is 1. The van der Waals surface area contributed by atoms with Crippen LogP contribution in [-0.4, -0.2) is 19.1 Å². The largest absolute Gasteiger partial charge is 0.368 e. The summed E-state index contributed by atoms with van der Waals surface area (Å²) in [5.74, 6) is 0.913. The van der Waals surface area contributed by atoms with Crippen LogP contribution in [0.4, 0.5) is 5.69 Å². The minimum Gasteiger partial charge on any atom is -0.368 e. The van der Waals surface area contributed by atoms with Crippen molar-refractivity contribution in [2.45, 2.75) is 44.6 Å². The van der Waals surface area contributed by atoms with Crippen LogP contribution in [-0.2, 0) is 6.42 Å². The Morgan fingerprint density at radius 1 is 1.17 bits per heavy atom. The standard InChI is InChI=1S/C16H24N2/c17-10-9-15-11-14-7-3-4-8-16(14)18(15)12-13-5-1-2-6-13/h3-4,7-8,13,15H,1-2,5-6,9-12,17H2. The summed E-state index contributed by atoms with van der Waals surface area (Å²) in [6.07, 6.45) is 8.03. The first-order chi connectivity index (χ1) is 8.88. The van der Waals surface area contributed by atoms with E-state index in [0.717, 1.165) is 18.9 Å². The van der Waals surface area contributed by atoms with Gasteiger partial charge >= 0.3 is 0 Å². The molecule has 18 heavy (non-hydrogen) atoms. The average molecular weight is 244 g/mol. The lowest BCUT2D eigenvalue weighted by Gasteiger charge is -2.30. The Morgan fingerprint density at radius 2 is 1.94 bits per heavy atom. The van der Waals surface area contributed by atoms with Crippen LogP contribution >= 0.6 is 0 Å². The maximum Gasteiger partial charge on any atom is 0.0402 e. The Hall–Kier alpha value is -1.02. The first kappa shape index (κ1) is 12.0. The molecule has 1 atom stereocenters. The fraction of sp³-hybridized carbons (Fsp3) is 0.625. The van der Waals surface area contributed by atoms with E-state index in [1.54, 1.807) is 0 Å². The molecule has 2 aliphatic rings. The molecular formula is C16H24N2. The molecule has 0 amide bonds. The maximum atomic E-state index is 5.79. The van der Waals surface area contributed by atoms with Gasteiger partial charge < -0.3 is 10.6 Å². The molecule has 0 bridgehead atoms. The lowest BCUT2D eigenvalue weighted by Crippen LogP contribution is -2.37. The molecule has 1 unspecified atom stereocenters. The van der Waals surface area contributed by atoms with Crippen LogP contribution in [0.2, 0.25) is 0 Å². The zero-order valence-corrected chi connectivity index (χ0v) is 11.1. The van der Waals surface area contributed by atoms with E-state index in [2.05, 4.69) is 29.2 Å². The van der Waals surface area contributed by atoms with Gasteiger partial charge in [0.2, 0.25) is 0 Å². The quantitative estimate of drug-likeness (QED) is 0.882. The zero-order valence-electron chi connectivity index (χ0n) is 11.1. The molecule has 2 N–H and O–H groups in total. The van der Waals surface area contributed by atoms with Gasteiger partial charge in [0.1, 0.15) is 0 Å². The van der Waals surface area contributed by atoms with E-state index in [-0.39, 0.29) is 0 Å². The molecule has 1 fully saturated rings. The van der Waals surface area contributed by atoms with Crippen LogP contribution in [0.25, 0.3) is 0 Å². The zero-order chi connectivity index (χ0) is 12.4. The minimum atomic E-state index is 0.646. The van der Waals surface area contributed by atoms with E-state index < -0.39 is 0 Å². The highest BCUT2D eigenvalue weighted by Crippen LogP contribution is 2.36. The normalized spacial score (nSPS) is 23.6. The lowest BCUT2D eigenvalue weighted by atomic mass is 10.1. The molecule has 1 aromatic carbocycles. The van der Waals surface area contributed by atoms with Crippen molar-refractivity contribution in [1.82, 2.24) is 0 Å². The van der Waals surface area contributed by atoms with Crippen molar-refractivity contribution in [2.75, 3.05) is 18.0 Å². The highest BCUT2D eigenvalue weighted by Gasteiger charge is 2.30. The lowest BCUT2D eigenvalue weighted by molar-refractivity contribution is 0.487. The summed E-state index contributed by atoms with van der Waals surface area (Å²) in [5, 5.41) is 0. The van der Waals surface area contributed by atoms with E-state index in [0.29, 0.717) is 6.04 Å². The summed E-state index contributed by atoms with van der Waals surface area (Å²) < 4.78 is 0. The third-order valence-corrected chi connectivity index (χ3v) is 4.63. The second-order valence-electron chi connectivity index (χ2n) is 5.87. The number of nitrogens with zero attached hydrogens (tertiary/aromatic N) is 1. The molecule has 0 radical (unpaired) electrons. The topological polar surface area (TPSA) is 29.3 Å². The summed E-state index contributed by atoms with van der Waals surface area (Å²) >= 11 is 0. The Labute approximate surface area is 110 Å². The first-order valence-electron chi connectivity index (χ1n) is 7.43. The molecule has 1 aliphatic carbocycles. The molecule has 2 nitrogen and oxygen atoms in total. The third kappa shape index (κ3) is 2.26. The predicted molar refractivity (Wildman–Crippen MR) is 76.9 cm³/mol. The van der Waals surface area contributed by atoms with E-state index in [9.17, 15) is 0 Å². The van der Waals surface area contributed by atoms with Gasteiger partial charge in [-0.05, 0) is 49.8 Å². The van der Waals surface area contributed by atoms with Crippen LogP contribution in [0, 0.1) is 5.92 Å². The summed E-state index contributed by atoms with van der Waals surface area (Å²) in [5.41, 5.74) is 8.78. The van der Waals surface area contributed by atoms with E-state index in [1.165, 1.54) is 49.9 Å². The molecule has 1 heterocycles. The fourth-order valence-corrected chi connectivity index (χ4v) is 3.69. The van der Waals surface area contributed by atoms with Gasteiger partial charge in [-0.1, -0.05) is 31.0 Å². The van der Waals surface area contributed by atoms with Crippen molar-refractivity contribution in [3.8, 4) is 0 Å². The molecular weight excluding hydrogens is 220 g/mol. The van der Waals surface area contributed by atoms with Crippen LogP contribution < -0.4 is 10.6 Å². The van der Waals surface area contributed by atoms with Gasteiger partial charge in [-0.15, -0.1) is 0 Å². The highest BCUT2D eigenvalue weighted by atomic mass is 15.2. The number of para-hydroxylation sites is 1. The Morgan fingerprint density at radius 3 is 2.72 bits per heavy atom. The second-order valence-corrected chi connectivity index (χ2v) is 5.87. The molecule has 0 spiro atoms. The van der Waals surface area contributed by atoms with E-state index >= 15 is 0 Å². The summed E-state index contributed by atoms with van der Waals surface area (Å²) in [4.78, 5) is 2.65. The van der Waals surface area contributed by atoms with Crippen molar-refractivity contribution < 1.29 is 0 Å². The molecule has 3 rings (SSSR count). The van der Waals surface area contributed by atoms with Gasteiger partial charge in [0.05, 0.1) is 0 Å². The molecule has 1 saturated carbocycles. The van der Waals surface area contributed by atoms with Crippen LogP contribution in [0.5, 0.6) is 0 Å². The third-order valence-electron chi connectivity index (χ3n) is 4.63. The van der Waals surface area contributed by atoms with Crippen molar-refractivity contribution in [2.24, 2.45) is 11.7 Å². The minimum absolute atomic E-state index is 0.646. The molecule has 2 heteroatoms. The van der Waals surface area contributed by atoms with Crippen molar-refractivity contribution in [3.05, 3.63) is 29.8 Å². The van der Waals surface area contributed by atoms with Gasteiger partial charge in [0.15, 0.2) is 0 Å². The highest BCUT2D eigenvalue weighted by molar-refractivity contribution is 5.59. The predicted octanol–water partition coefficient (Wildman–Crippen LogP) is 2.96. The second kappa shape index (κ2) is 5.31. The smallest absolute Gasteiger partial charge is 0.0402 e. The van der Waals surface area contributed by atoms with Gasteiger partial charge in [-0.25, -0.2) is 0 Å². The van der Waals surface area contributed by atoms with Gasteiger partial charge in [0, 0.05) is 18.3 Å². The number of rotatable bonds is 4. The molecule has 1 aromatic rings. The summed E-state index contributed by atoms with van der Waals surface area (Å²) in [7, 11) is 0. The summed E-state index contributed by atoms with van der Waals surface area (Å²) in [6.45, 7) is 2.06. The Bertz CT molecular complexity index is 396. The average Bonchev–Trinajstić information content (AvgIpc) is 3.00. The number of benzene rings is 1. The summed E-state index contributed by atoms with van der Waals surface area (Å²) in [6, 6.07) is 9.56. The van der Waals surface area contributed by atoms with Crippen LogP contribution in [0.15, 0.2) is 24.3 Å². The number of anilines is 1. The molecule has 0 saturated heterocycles. The van der Waals surface area contributed by atoms with Crippen molar-refractivity contribution >= 4 is 5.69 Å². The molecule has 1 aliphatic heterocycles. The maximum absolute atomic E-state index is 5.79. The molecule has 98 valence electrons. The van der Waals surface area contributed by atoms with Gasteiger partial charge in [-0.2, -0.15) is 0 Å². The number of hydrogen-bond acceptors (Lipinski definition) is 2. The van der Waals surface area contributed by atoms with Crippen LogP contribution in [0.3, 0.4) is 0 Å². The Balaban J connectivity index is 1.78. The molecule has 0 aromatic heterocycles. The SMILES string of the molecule is NCCC1Cc2ccccc2N1CC1CCCC1. The fourth-order valence-electron chi connectivity index (χ4n) is 3.69. The number of nitrogens with two attached hydrogens (primary N) is 1. The van der Waals surface area contributed by atoms with Crippen molar-refractivity contribution in [3.63, 3.8) is 0 Å². The first-order valence-corrected chi connectivity index (χ1v) is 7.43. The van der Waals surface area contributed by atoms with Crippen molar-refractivity contribution in [1.29, 1.82) is 0 Å². The van der Waals surface area contributed by atoms with Gasteiger partial charge in [0.25, 0.3) is 0 Å². The monoisotopic (exact) mass is 244 g/mol. The van der Waals surface area contributed by atoms with E-state index in [4.69, 9.17) is 5.73 Å². The van der Waals surface area contributed by atoms with E-state index in [1.807, 2.05) is 0 Å². The van der Waals surface area contributed by atoms with Crippen LogP contribution in [0.1, 0.15) is 37.7 Å². The Kier molecular flexibility index (Phi) is 3.55.